The molecule has 0 aromatic rings. The van der Waals surface area contributed by atoms with E-state index in [4.69, 9.17) is 4.18 Å². The van der Waals surface area contributed by atoms with Gasteiger partial charge in [-0.05, 0) is 17.0 Å². The standard InChI is InChI=1S/C9H13NO4S/c1-2-9(13)14-15-6-5-10-7(11)3-4-8(10)12/h6,15H,2-5H2,1H3. The summed E-state index contributed by atoms with van der Waals surface area (Å²) < 4.78 is 4.75. The van der Waals surface area contributed by atoms with Crippen LogP contribution in [-0.2, 0) is 18.6 Å². The minimum Gasteiger partial charge on any atom is -0.403 e. The molecule has 6 heteroatoms. The molecule has 0 spiro atoms. The van der Waals surface area contributed by atoms with E-state index in [-0.39, 0.29) is 37.2 Å². The Hall–Kier alpha value is -1.17. The van der Waals surface area contributed by atoms with Gasteiger partial charge in [0.05, 0.1) is 6.54 Å². The van der Waals surface area contributed by atoms with Gasteiger partial charge >= 0.3 is 5.97 Å². The molecule has 1 aliphatic heterocycles. The molecule has 0 saturated carbocycles. The van der Waals surface area contributed by atoms with Gasteiger partial charge in [-0.3, -0.25) is 19.3 Å². The van der Waals surface area contributed by atoms with E-state index < -0.39 is 0 Å². The van der Waals surface area contributed by atoms with E-state index in [0.717, 1.165) is 0 Å². The van der Waals surface area contributed by atoms with Crippen LogP contribution in [0.15, 0.2) is 0 Å². The normalized spacial score (nSPS) is 17.0. The molecule has 0 aromatic carbocycles. The molecule has 1 fully saturated rings. The summed E-state index contributed by atoms with van der Waals surface area (Å²) in [4.78, 5) is 34.2. The first-order chi connectivity index (χ1) is 7.15. The molecule has 1 saturated heterocycles. The summed E-state index contributed by atoms with van der Waals surface area (Å²) in [5.74, 6) is -0.617. The molecular formula is C9H13NO4S. The van der Waals surface area contributed by atoms with E-state index in [2.05, 4.69) is 0 Å². The van der Waals surface area contributed by atoms with Crippen molar-refractivity contribution in [1.82, 2.24) is 4.90 Å². The van der Waals surface area contributed by atoms with Crippen molar-refractivity contribution >= 4 is 34.8 Å². The molecule has 0 atom stereocenters. The van der Waals surface area contributed by atoms with Gasteiger partial charge in [-0.25, -0.2) is 0 Å². The first kappa shape index (κ1) is 11.9. The molecule has 0 unspecified atom stereocenters. The van der Waals surface area contributed by atoms with Gasteiger partial charge in [0, 0.05) is 19.3 Å². The van der Waals surface area contributed by atoms with Gasteiger partial charge in [-0.15, -0.1) is 0 Å². The number of nitrogens with zero attached hydrogens (tertiary/aromatic N) is 1. The number of imide groups is 1. The Balaban J connectivity index is 2.33. The lowest BCUT2D eigenvalue weighted by Crippen LogP contribution is -2.30. The monoisotopic (exact) mass is 231 g/mol. The van der Waals surface area contributed by atoms with E-state index in [1.165, 1.54) is 4.90 Å². The van der Waals surface area contributed by atoms with E-state index >= 15 is 0 Å². The van der Waals surface area contributed by atoms with Crippen LogP contribution in [0.3, 0.4) is 0 Å². The predicted octanol–water partition coefficient (Wildman–Crippen LogP) is 0.271. The van der Waals surface area contributed by atoms with Gasteiger partial charge in [0.15, 0.2) is 0 Å². The maximum atomic E-state index is 11.1. The molecule has 0 N–H and O–H groups in total. The van der Waals surface area contributed by atoms with E-state index in [9.17, 15) is 14.4 Å². The smallest absolute Gasteiger partial charge is 0.316 e. The van der Waals surface area contributed by atoms with Gasteiger partial charge in [-0.1, -0.05) is 6.92 Å². The van der Waals surface area contributed by atoms with Crippen molar-refractivity contribution in [2.75, 3.05) is 6.54 Å². The van der Waals surface area contributed by atoms with E-state index in [1.54, 1.807) is 12.3 Å². The molecular weight excluding hydrogens is 218 g/mol. The molecule has 15 heavy (non-hydrogen) atoms. The molecule has 0 aromatic heterocycles. The van der Waals surface area contributed by atoms with Crippen LogP contribution in [0.1, 0.15) is 26.2 Å². The summed E-state index contributed by atoms with van der Waals surface area (Å²) in [5, 5.41) is 1.58. The number of hydrogen-bond acceptors (Lipinski definition) is 4. The number of rotatable bonds is 4. The fraction of sp³-hybridized carbons (Fsp3) is 0.556. The third-order valence-electron chi connectivity index (χ3n) is 1.94. The van der Waals surface area contributed by atoms with Crippen LogP contribution < -0.4 is 0 Å². The average Bonchev–Trinajstić information content (AvgIpc) is 2.54. The van der Waals surface area contributed by atoms with Gasteiger partial charge in [0.1, 0.15) is 0 Å². The largest absolute Gasteiger partial charge is 0.403 e. The van der Waals surface area contributed by atoms with Crippen LogP contribution in [0.2, 0.25) is 0 Å². The summed E-state index contributed by atoms with van der Waals surface area (Å²) in [7, 11) is 0. The highest BCUT2D eigenvalue weighted by Gasteiger charge is 2.27. The second-order valence-electron chi connectivity index (χ2n) is 3.00. The topological polar surface area (TPSA) is 63.7 Å². The zero-order valence-corrected chi connectivity index (χ0v) is 9.33. The lowest BCUT2D eigenvalue weighted by Gasteiger charge is -2.09. The van der Waals surface area contributed by atoms with Gasteiger partial charge in [0.25, 0.3) is 0 Å². The Labute approximate surface area is 91.5 Å². The van der Waals surface area contributed by atoms with Crippen molar-refractivity contribution in [3.05, 3.63) is 0 Å². The van der Waals surface area contributed by atoms with Crippen molar-refractivity contribution in [2.24, 2.45) is 0 Å². The van der Waals surface area contributed by atoms with Crippen LogP contribution in [0, 0.1) is 0 Å². The van der Waals surface area contributed by atoms with Crippen LogP contribution in [0.4, 0.5) is 0 Å². The number of carbonyl (C=O) groups is 3. The van der Waals surface area contributed by atoms with Gasteiger partial charge < -0.3 is 4.18 Å². The third-order valence-corrected chi connectivity index (χ3v) is 2.56. The lowest BCUT2D eigenvalue weighted by atomic mass is 10.4. The number of hydrogen-bond donors (Lipinski definition) is 1. The highest BCUT2D eigenvalue weighted by molar-refractivity contribution is 7.93. The zero-order chi connectivity index (χ0) is 11.3. The second-order valence-corrected chi connectivity index (χ2v) is 3.76. The highest BCUT2D eigenvalue weighted by Crippen LogP contribution is 2.10. The fourth-order valence-corrected chi connectivity index (χ4v) is 1.65. The van der Waals surface area contributed by atoms with E-state index in [0.29, 0.717) is 18.1 Å². The first-order valence-corrected chi connectivity index (χ1v) is 5.58. The van der Waals surface area contributed by atoms with Gasteiger partial charge in [-0.2, -0.15) is 0 Å². The number of carbonyl (C=O) groups excluding carboxylic acids is 3. The van der Waals surface area contributed by atoms with Crippen LogP contribution in [-0.4, -0.2) is 34.6 Å². The van der Waals surface area contributed by atoms with Crippen molar-refractivity contribution in [1.29, 1.82) is 0 Å². The first-order valence-electron chi connectivity index (χ1n) is 4.70. The molecule has 1 aliphatic rings. The molecule has 0 radical (unpaired) electrons. The summed E-state index contributed by atoms with van der Waals surface area (Å²) in [6.07, 6.45) is 0.902. The zero-order valence-electron chi connectivity index (χ0n) is 8.43. The summed E-state index contributed by atoms with van der Waals surface area (Å²) >= 11 is 0.380. The van der Waals surface area contributed by atoms with Crippen molar-refractivity contribution < 1.29 is 18.6 Å². The Morgan fingerprint density at radius 1 is 1.47 bits per heavy atom. The third kappa shape index (κ3) is 3.47. The Bertz CT molecular complexity index is 297. The second kappa shape index (κ2) is 5.65. The maximum absolute atomic E-state index is 11.1. The number of likely N-dealkylation sites (tertiary alicyclic amines) is 1. The van der Waals surface area contributed by atoms with Crippen LogP contribution in [0.25, 0.3) is 0 Å². The van der Waals surface area contributed by atoms with E-state index in [1.807, 2.05) is 0 Å². The molecule has 84 valence electrons. The predicted molar refractivity (Wildman–Crippen MR) is 57.4 cm³/mol. The quantitative estimate of drug-likeness (QED) is 0.428. The molecule has 0 bridgehead atoms. The fourth-order valence-electron chi connectivity index (χ4n) is 1.10. The van der Waals surface area contributed by atoms with Crippen molar-refractivity contribution in [3.8, 4) is 0 Å². The van der Waals surface area contributed by atoms with Crippen molar-refractivity contribution in [3.63, 3.8) is 0 Å². The minimum atomic E-state index is -0.299. The lowest BCUT2D eigenvalue weighted by molar-refractivity contribution is -0.137. The Kier molecular flexibility index (Phi) is 4.48. The Morgan fingerprint density at radius 2 is 2.07 bits per heavy atom. The molecule has 1 heterocycles. The van der Waals surface area contributed by atoms with Crippen LogP contribution >= 0.6 is 11.6 Å². The summed E-state index contributed by atoms with van der Waals surface area (Å²) in [5.41, 5.74) is 0. The summed E-state index contributed by atoms with van der Waals surface area (Å²) in [6, 6.07) is 0. The molecule has 2 amide bonds. The van der Waals surface area contributed by atoms with Gasteiger partial charge in [0.2, 0.25) is 11.8 Å². The number of thiol groups is 1. The Morgan fingerprint density at radius 3 is 2.60 bits per heavy atom. The highest BCUT2D eigenvalue weighted by atomic mass is 32.2. The average molecular weight is 231 g/mol. The molecule has 5 nitrogen and oxygen atoms in total. The van der Waals surface area contributed by atoms with Crippen molar-refractivity contribution in [2.45, 2.75) is 26.2 Å². The summed E-state index contributed by atoms with van der Waals surface area (Å²) in [6.45, 7) is 1.92. The SMILES string of the molecule is CCC(=O)O[SH]=CCN1C(=O)CCC1=O. The molecule has 0 aliphatic carbocycles. The maximum Gasteiger partial charge on any atom is 0.316 e. The number of amides is 2. The minimum absolute atomic E-state index is 0.159. The van der Waals surface area contributed by atoms with Crippen LogP contribution in [0.5, 0.6) is 0 Å². The molecule has 1 rings (SSSR count).